The number of carbonyl (C=O) groups is 1. The topological polar surface area (TPSA) is 52.6 Å². The third-order valence-corrected chi connectivity index (χ3v) is 4.27. The van der Waals surface area contributed by atoms with E-state index in [4.69, 9.17) is 0 Å². The van der Waals surface area contributed by atoms with Crippen LogP contribution in [-0.2, 0) is 4.79 Å². The van der Waals surface area contributed by atoms with Gasteiger partial charge in [0.05, 0.1) is 12.6 Å². The Balaban J connectivity index is 1.83. The second kappa shape index (κ2) is 6.30. The van der Waals surface area contributed by atoms with Gasteiger partial charge in [0.1, 0.15) is 6.54 Å². The molecular formula is C13H21F3N2O2. The fraction of sp³-hybridized carbons (Fsp3) is 0.923. The second-order valence-corrected chi connectivity index (χ2v) is 5.73. The monoisotopic (exact) mass is 294 g/mol. The predicted octanol–water partition coefficient (Wildman–Crippen LogP) is 1.29. The van der Waals surface area contributed by atoms with E-state index in [0.29, 0.717) is 6.54 Å². The van der Waals surface area contributed by atoms with Crippen molar-refractivity contribution in [3.63, 3.8) is 0 Å². The number of nitrogens with one attached hydrogen (secondary N) is 1. The fourth-order valence-electron chi connectivity index (χ4n) is 3.39. The van der Waals surface area contributed by atoms with Crippen molar-refractivity contribution in [1.29, 1.82) is 0 Å². The van der Waals surface area contributed by atoms with Crippen LogP contribution in [0.3, 0.4) is 0 Å². The van der Waals surface area contributed by atoms with Crippen LogP contribution in [0, 0.1) is 5.92 Å². The summed E-state index contributed by atoms with van der Waals surface area (Å²) in [5.74, 6) is -0.436. The maximum Gasteiger partial charge on any atom is 0.405 e. The van der Waals surface area contributed by atoms with Gasteiger partial charge in [-0.15, -0.1) is 0 Å². The number of likely N-dealkylation sites (tertiary alicyclic amines) is 1. The zero-order valence-corrected chi connectivity index (χ0v) is 11.3. The molecule has 0 radical (unpaired) electrons. The van der Waals surface area contributed by atoms with Crippen molar-refractivity contribution >= 4 is 5.91 Å². The van der Waals surface area contributed by atoms with Crippen LogP contribution in [0.2, 0.25) is 0 Å². The van der Waals surface area contributed by atoms with E-state index in [9.17, 15) is 23.1 Å². The first-order valence-electron chi connectivity index (χ1n) is 7.12. The highest BCUT2D eigenvalue weighted by molar-refractivity contribution is 5.78. The van der Waals surface area contributed by atoms with Crippen molar-refractivity contribution < 1.29 is 23.1 Å². The minimum atomic E-state index is -4.37. The Bertz CT molecular complexity index is 349. The van der Waals surface area contributed by atoms with Crippen molar-refractivity contribution in [2.75, 3.05) is 19.6 Å². The lowest BCUT2D eigenvalue weighted by molar-refractivity contribution is -0.139. The van der Waals surface area contributed by atoms with Crippen LogP contribution < -0.4 is 5.32 Å². The summed E-state index contributed by atoms with van der Waals surface area (Å²) in [5, 5.41) is 11.8. The summed E-state index contributed by atoms with van der Waals surface area (Å²) in [7, 11) is 0. The number of rotatable bonds is 4. The summed E-state index contributed by atoms with van der Waals surface area (Å²) in [4.78, 5) is 13.5. The lowest BCUT2D eigenvalue weighted by Crippen LogP contribution is -2.45. The van der Waals surface area contributed by atoms with E-state index in [2.05, 4.69) is 0 Å². The average molecular weight is 294 g/mol. The molecule has 0 aromatic heterocycles. The van der Waals surface area contributed by atoms with Crippen LogP contribution in [0.1, 0.15) is 32.1 Å². The van der Waals surface area contributed by atoms with Crippen LogP contribution in [0.4, 0.5) is 13.2 Å². The van der Waals surface area contributed by atoms with Crippen molar-refractivity contribution in [2.45, 2.75) is 50.4 Å². The number of hydrogen-bond donors (Lipinski definition) is 2. The lowest BCUT2D eigenvalue weighted by atomic mass is 9.94. The first kappa shape index (κ1) is 15.6. The van der Waals surface area contributed by atoms with Crippen LogP contribution >= 0.6 is 0 Å². The Morgan fingerprint density at radius 2 is 2.00 bits per heavy atom. The van der Waals surface area contributed by atoms with Gasteiger partial charge in [-0.2, -0.15) is 13.2 Å². The van der Waals surface area contributed by atoms with Gasteiger partial charge in [0.15, 0.2) is 0 Å². The molecule has 2 N–H and O–H groups in total. The van der Waals surface area contributed by atoms with Gasteiger partial charge < -0.3 is 10.4 Å². The maximum absolute atomic E-state index is 12.0. The number of hydrogen-bond acceptors (Lipinski definition) is 3. The molecule has 1 amide bonds. The molecule has 2 aliphatic rings. The summed E-state index contributed by atoms with van der Waals surface area (Å²) in [6.45, 7) is -0.576. The van der Waals surface area contributed by atoms with E-state index in [1.54, 1.807) is 0 Å². The van der Waals surface area contributed by atoms with Crippen LogP contribution in [0.5, 0.6) is 0 Å². The number of aliphatic hydroxyl groups excluding tert-OH is 1. The fourth-order valence-corrected chi connectivity index (χ4v) is 3.39. The standard InChI is InChI=1S/C13H21F3N2O2/c14-13(15,16)8-17-12(20)7-18-6-2-4-10(18)9-3-1-5-11(9)19/h9-11,19H,1-8H2,(H,17,20). The average Bonchev–Trinajstić information content (AvgIpc) is 2.94. The van der Waals surface area contributed by atoms with E-state index >= 15 is 0 Å². The molecule has 2 rings (SSSR count). The van der Waals surface area contributed by atoms with E-state index in [1.807, 2.05) is 10.2 Å². The van der Waals surface area contributed by atoms with Gasteiger partial charge in [0.25, 0.3) is 0 Å². The van der Waals surface area contributed by atoms with Gasteiger partial charge in [-0.25, -0.2) is 0 Å². The van der Waals surface area contributed by atoms with E-state index in [0.717, 1.165) is 32.1 Å². The first-order chi connectivity index (χ1) is 9.37. The van der Waals surface area contributed by atoms with Crippen LogP contribution in [0.25, 0.3) is 0 Å². The molecular weight excluding hydrogens is 273 g/mol. The maximum atomic E-state index is 12.0. The molecule has 7 heteroatoms. The quantitative estimate of drug-likeness (QED) is 0.821. The van der Waals surface area contributed by atoms with Crippen molar-refractivity contribution in [3.8, 4) is 0 Å². The highest BCUT2D eigenvalue weighted by Gasteiger charge is 2.38. The molecule has 3 unspecified atom stereocenters. The summed E-state index contributed by atoms with van der Waals surface area (Å²) in [6, 6.07) is 0.129. The number of amides is 1. The molecule has 0 bridgehead atoms. The van der Waals surface area contributed by atoms with Crippen LogP contribution in [-0.4, -0.2) is 53.9 Å². The molecule has 1 saturated heterocycles. The van der Waals surface area contributed by atoms with Gasteiger partial charge in [-0.1, -0.05) is 6.42 Å². The van der Waals surface area contributed by atoms with Crippen molar-refractivity contribution in [2.24, 2.45) is 5.92 Å². The summed E-state index contributed by atoms with van der Waals surface area (Å²) in [5.41, 5.74) is 0. The Labute approximate surface area is 116 Å². The molecule has 1 aliphatic heterocycles. The van der Waals surface area contributed by atoms with E-state index < -0.39 is 18.6 Å². The van der Waals surface area contributed by atoms with Crippen LogP contribution in [0.15, 0.2) is 0 Å². The van der Waals surface area contributed by atoms with Crippen molar-refractivity contribution in [3.05, 3.63) is 0 Å². The highest BCUT2D eigenvalue weighted by Crippen LogP contribution is 2.35. The summed E-state index contributed by atoms with van der Waals surface area (Å²) in [6.07, 6.45) is -0.159. The number of halogens is 3. The van der Waals surface area contributed by atoms with Crippen molar-refractivity contribution in [1.82, 2.24) is 10.2 Å². The minimum Gasteiger partial charge on any atom is -0.393 e. The van der Waals surface area contributed by atoms with Gasteiger partial charge >= 0.3 is 6.18 Å². The van der Waals surface area contributed by atoms with Gasteiger partial charge in [-0.05, 0) is 32.2 Å². The van der Waals surface area contributed by atoms with Gasteiger partial charge in [0, 0.05) is 12.0 Å². The number of alkyl halides is 3. The molecule has 20 heavy (non-hydrogen) atoms. The second-order valence-electron chi connectivity index (χ2n) is 5.73. The Hall–Kier alpha value is -0.820. The number of aliphatic hydroxyl groups is 1. The number of carbonyl (C=O) groups excluding carboxylic acids is 1. The third-order valence-electron chi connectivity index (χ3n) is 4.27. The smallest absolute Gasteiger partial charge is 0.393 e. The molecule has 3 atom stereocenters. The first-order valence-corrected chi connectivity index (χ1v) is 7.12. The minimum absolute atomic E-state index is 0.00995. The molecule has 1 saturated carbocycles. The highest BCUT2D eigenvalue weighted by atomic mass is 19.4. The molecule has 1 aliphatic carbocycles. The largest absolute Gasteiger partial charge is 0.405 e. The van der Waals surface area contributed by atoms with Gasteiger partial charge in [0.2, 0.25) is 5.91 Å². The molecule has 0 aromatic carbocycles. The lowest BCUT2D eigenvalue weighted by Gasteiger charge is -2.30. The normalized spacial score (nSPS) is 31.7. The zero-order valence-electron chi connectivity index (χ0n) is 11.3. The van der Waals surface area contributed by atoms with E-state index in [1.165, 1.54) is 0 Å². The molecule has 4 nitrogen and oxygen atoms in total. The Morgan fingerprint density at radius 1 is 1.25 bits per heavy atom. The summed E-state index contributed by atoms with van der Waals surface area (Å²) < 4.78 is 36.1. The molecule has 0 spiro atoms. The zero-order chi connectivity index (χ0) is 14.8. The summed E-state index contributed by atoms with van der Waals surface area (Å²) >= 11 is 0. The molecule has 1 heterocycles. The molecule has 2 fully saturated rings. The Morgan fingerprint density at radius 3 is 2.60 bits per heavy atom. The SMILES string of the molecule is O=C(CN1CCCC1C1CCCC1O)NCC(F)(F)F. The van der Waals surface area contributed by atoms with E-state index in [-0.39, 0.29) is 24.6 Å². The third kappa shape index (κ3) is 4.09. The molecule has 116 valence electrons. The number of nitrogens with zero attached hydrogens (tertiary/aromatic N) is 1. The molecule has 0 aromatic rings. The van der Waals surface area contributed by atoms with Gasteiger partial charge in [-0.3, -0.25) is 9.69 Å². The predicted molar refractivity (Wildman–Crippen MR) is 67.0 cm³/mol. The Kier molecular flexibility index (Phi) is 4.90.